The van der Waals surface area contributed by atoms with Crippen molar-refractivity contribution in [3.8, 4) is 24.2 Å². The van der Waals surface area contributed by atoms with E-state index in [0.29, 0.717) is 12.5 Å². The number of likely N-dealkylation sites (N-methyl/N-ethyl adjacent to an activating group) is 1. The van der Waals surface area contributed by atoms with E-state index in [1.807, 2.05) is 97.1 Å². The molecule has 7 aliphatic rings. The molecule has 1 aliphatic heterocycles. The first kappa shape index (κ1) is 56.9. The second-order valence-corrected chi connectivity index (χ2v) is 24.3. The van der Waals surface area contributed by atoms with Crippen LogP contribution in [0.2, 0.25) is 0 Å². The number of ether oxygens (including phenoxy) is 1. The van der Waals surface area contributed by atoms with Gasteiger partial charge in [0.05, 0.1) is 40.3 Å². The number of terminal acetylenes is 1. The molecule has 1 aromatic heterocycles. The maximum absolute atomic E-state index is 12.8. The molecule has 6 fully saturated rings. The normalized spacial score (nSPS) is 21.4. The third-order valence-corrected chi connectivity index (χ3v) is 18.8. The van der Waals surface area contributed by atoms with E-state index in [1.165, 1.54) is 72.0 Å². The minimum atomic E-state index is -0.686. The second-order valence-electron chi connectivity index (χ2n) is 23.3. The maximum atomic E-state index is 12.8. The van der Waals surface area contributed by atoms with E-state index >= 15 is 0 Å². The van der Waals surface area contributed by atoms with Gasteiger partial charge in [0.2, 0.25) is 0 Å². The molecule has 8 heteroatoms. The number of carbonyl (C=O) groups excluding carboxylic acids is 2. The van der Waals surface area contributed by atoms with Crippen LogP contribution in [0.1, 0.15) is 151 Å². The summed E-state index contributed by atoms with van der Waals surface area (Å²) in [6, 6.07) is 52.9. The average molecular weight is 1070 g/mol. The zero-order valence-electron chi connectivity index (χ0n) is 46.4. The standard InChI is InChI=1S/C30H35NO2S.C11H10.C10H10O2.C10H12O.C10H10O/c1-21-9-11-22(12-10-21)27-20-31(2)18-14-25(27)26-19-24(34-28(26)29(32)33-3)13-15-30(16-17-30)23-7-5-4-6-8-23;1-2-11(8-9-11)10-6-4-3-5-7-10;11-9(12)10(6-7-10)8-4-2-1-3-5-8;2*11-8-10(6-7-10)9-4-2-1-3-5-9/h4-8,19,21-22H,9-12,14,16-18,20H2,1-3H3;1,3-7H,8-9H2;1-5H,6-7H2,(H,11,12);1-5,11H,6-8H2;1-5,8H,6-7H2. The summed E-state index contributed by atoms with van der Waals surface area (Å²) < 4.78 is 5.21. The molecule has 0 amide bonds. The van der Waals surface area contributed by atoms with Gasteiger partial charge in [0.25, 0.3) is 0 Å². The Morgan fingerprint density at radius 3 is 1.61 bits per heavy atom. The highest BCUT2D eigenvalue weighted by Crippen LogP contribution is 2.51. The predicted molar refractivity (Wildman–Crippen MR) is 319 cm³/mol. The Morgan fingerprint density at radius 1 is 0.684 bits per heavy atom. The van der Waals surface area contributed by atoms with Crippen molar-refractivity contribution in [1.82, 2.24) is 4.90 Å². The first-order chi connectivity index (χ1) is 38.4. The number of aliphatic hydroxyl groups is 1. The van der Waals surface area contributed by atoms with Gasteiger partial charge in [0, 0.05) is 24.1 Å². The van der Waals surface area contributed by atoms with Crippen LogP contribution in [0, 0.1) is 36.0 Å². The predicted octanol–water partition coefficient (Wildman–Crippen LogP) is 14.3. The van der Waals surface area contributed by atoms with Crippen molar-refractivity contribution >= 4 is 35.1 Å². The Bertz CT molecular complexity index is 3140. The third-order valence-electron chi connectivity index (χ3n) is 17.8. The van der Waals surface area contributed by atoms with Gasteiger partial charge in [-0.05, 0) is 147 Å². The van der Waals surface area contributed by atoms with E-state index in [1.54, 1.807) is 5.57 Å². The molecule has 408 valence electrons. The minimum Gasteiger partial charge on any atom is -0.481 e. The van der Waals surface area contributed by atoms with Gasteiger partial charge in [0.1, 0.15) is 11.2 Å². The van der Waals surface area contributed by atoms with Gasteiger partial charge in [-0.25, -0.2) is 4.79 Å². The van der Waals surface area contributed by atoms with E-state index in [9.17, 15) is 14.4 Å². The Balaban J connectivity index is 0.000000136. The molecule has 0 atom stereocenters. The number of carboxylic acid groups (broad SMARTS) is 1. The van der Waals surface area contributed by atoms with Crippen LogP contribution in [0.5, 0.6) is 0 Å². The van der Waals surface area contributed by atoms with Crippen molar-refractivity contribution < 1.29 is 29.3 Å². The molecule has 5 aromatic carbocycles. The zero-order chi connectivity index (χ0) is 55.5. The first-order valence-corrected chi connectivity index (χ1v) is 29.4. The fourth-order valence-corrected chi connectivity index (χ4v) is 12.4. The molecular weight excluding hydrogens is 995 g/mol. The summed E-state index contributed by atoms with van der Waals surface area (Å²) in [5.74, 6) is 10.4. The highest BCUT2D eigenvalue weighted by Gasteiger charge is 2.51. The number of thiophene rings is 1. The molecule has 6 aliphatic carbocycles. The van der Waals surface area contributed by atoms with E-state index in [4.69, 9.17) is 21.4 Å². The molecule has 6 aromatic rings. The maximum Gasteiger partial charge on any atom is 0.348 e. The van der Waals surface area contributed by atoms with Crippen molar-refractivity contribution in [3.63, 3.8) is 0 Å². The topological polar surface area (TPSA) is 104 Å². The van der Waals surface area contributed by atoms with Gasteiger partial charge < -0.3 is 24.6 Å². The number of aldehydes is 1. The van der Waals surface area contributed by atoms with E-state index < -0.39 is 11.4 Å². The fraction of sp³-hybridized carbons (Fsp3) is 0.394. The summed E-state index contributed by atoms with van der Waals surface area (Å²) in [6.07, 6.45) is 23.1. The van der Waals surface area contributed by atoms with Crippen LogP contribution in [0.3, 0.4) is 0 Å². The summed E-state index contributed by atoms with van der Waals surface area (Å²) in [7, 11) is 3.70. The Morgan fingerprint density at radius 2 is 1.18 bits per heavy atom. The number of hydrogen-bond donors (Lipinski definition) is 2. The number of aliphatic carboxylic acids is 1. The van der Waals surface area contributed by atoms with Crippen molar-refractivity contribution in [1.29, 1.82) is 0 Å². The SMILES string of the molecule is C#CC1(c2ccccc2)CC1.COC(=O)c1sc(C#CC2(c3ccccc3)CC2)cc1C1=C(C2CCC(C)CC2)CN(C)CC1.O=C(O)C1(c2ccccc2)CC1.O=CC1(c2ccccc2)CC1.OCC1(c2ccccc2)CC1. The van der Waals surface area contributed by atoms with Gasteiger partial charge in [0.15, 0.2) is 0 Å². The number of hydrogen-bond acceptors (Lipinski definition) is 7. The molecule has 7 nitrogen and oxygen atoms in total. The van der Waals surface area contributed by atoms with Crippen LogP contribution in [-0.2, 0) is 41.4 Å². The smallest absolute Gasteiger partial charge is 0.348 e. The lowest BCUT2D eigenvalue weighted by atomic mass is 9.75. The quantitative estimate of drug-likeness (QED) is 0.0757. The summed E-state index contributed by atoms with van der Waals surface area (Å²) in [6.45, 7) is 4.70. The number of nitrogens with zero attached hydrogens (tertiary/aromatic N) is 1. The van der Waals surface area contributed by atoms with Gasteiger partial charge >= 0.3 is 11.9 Å². The van der Waals surface area contributed by atoms with Crippen LogP contribution in [-0.4, -0.2) is 67.2 Å². The van der Waals surface area contributed by atoms with Crippen molar-refractivity contribution in [3.05, 3.63) is 206 Å². The lowest BCUT2D eigenvalue weighted by molar-refractivity contribution is -0.140. The molecule has 13 rings (SSSR count). The van der Waals surface area contributed by atoms with Crippen LogP contribution in [0.4, 0.5) is 0 Å². The number of rotatable bonds is 11. The molecule has 0 spiro atoms. The minimum absolute atomic E-state index is 0.0202. The zero-order valence-corrected chi connectivity index (χ0v) is 47.2. The molecule has 0 bridgehead atoms. The lowest BCUT2D eigenvalue weighted by Gasteiger charge is -2.35. The van der Waals surface area contributed by atoms with Crippen molar-refractivity contribution in [2.75, 3.05) is 33.9 Å². The van der Waals surface area contributed by atoms with Gasteiger partial charge in [-0.1, -0.05) is 189 Å². The van der Waals surface area contributed by atoms with E-state index in [0.717, 1.165) is 117 Å². The molecule has 2 N–H and O–H groups in total. The monoisotopic (exact) mass is 1070 g/mol. The van der Waals surface area contributed by atoms with Crippen molar-refractivity contribution in [2.24, 2.45) is 11.8 Å². The fourth-order valence-electron chi connectivity index (χ4n) is 11.5. The third kappa shape index (κ3) is 13.6. The number of benzene rings is 5. The van der Waals surface area contributed by atoms with E-state index in [2.05, 4.69) is 97.3 Å². The molecule has 6 saturated carbocycles. The largest absolute Gasteiger partial charge is 0.481 e. The summed E-state index contributed by atoms with van der Waals surface area (Å²) >= 11 is 1.50. The summed E-state index contributed by atoms with van der Waals surface area (Å²) in [4.78, 5) is 38.5. The number of carbonyl (C=O) groups is 3. The Kier molecular flexibility index (Phi) is 18.1. The van der Waals surface area contributed by atoms with Gasteiger partial charge in [-0.15, -0.1) is 17.8 Å². The number of carboxylic acids is 1. The van der Waals surface area contributed by atoms with Gasteiger partial charge in [-0.2, -0.15) is 0 Å². The first-order valence-electron chi connectivity index (χ1n) is 28.6. The highest BCUT2D eigenvalue weighted by molar-refractivity contribution is 7.14. The lowest BCUT2D eigenvalue weighted by Crippen LogP contribution is -2.31. The van der Waals surface area contributed by atoms with Gasteiger partial charge in [-0.3, -0.25) is 4.79 Å². The second kappa shape index (κ2) is 25.1. The number of esters is 1. The van der Waals surface area contributed by atoms with Crippen LogP contribution in [0.25, 0.3) is 5.57 Å². The number of methoxy groups -OCH3 is 1. The van der Waals surface area contributed by atoms with Crippen LogP contribution >= 0.6 is 11.3 Å². The molecule has 0 unspecified atom stereocenters. The molecule has 79 heavy (non-hydrogen) atoms. The number of aliphatic hydroxyl groups excluding tert-OH is 1. The molecule has 2 heterocycles. The Labute approximate surface area is 473 Å². The van der Waals surface area contributed by atoms with Crippen LogP contribution in [0.15, 0.2) is 163 Å². The highest BCUT2D eigenvalue weighted by atomic mass is 32.1. The average Bonchev–Trinajstić information content (AvgIpc) is 4.35. The summed E-state index contributed by atoms with van der Waals surface area (Å²) in [5, 5.41) is 18.1. The summed E-state index contributed by atoms with van der Waals surface area (Å²) in [5.41, 5.74) is 9.63. The van der Waals surface area contributed by atoms with E-state index in [-0.39, 0.29) is 27.6 Å². The molecule has 0 radical (unpaired) electrons. The molecular formula is C71H77NO6S. The Hall–Kier alpha value is -6.81. The van der Waals surface area contributed by atoms with Crippen LogP contribution < -0.4 is 0 Å². The van der Waals surface area contributed by atoms with Crippen molar-refractivity contribution in [2.45, 2.75) is 130 Å². The molecule has 0 saturated heterocycles.